The zero-order chi connectivity index (χ0) is 30.0. The Bertz CT molecular complexity index is 1350. The number of benzene rings is 3. The van der Waals surface area contributed by atoms with Crippen molar-refractivity contribution in [3.05, 3.63) is 106 Å². The van der Waals surface area contributed by atoms with E-state index in [4.69, 9.17) is 4.74 Å². The number of nitrogens with one attached hydrogen (secondary N) is 1. The van der Waals surface area contributed by atoms with Crippen molar-refractivity contribution in [3.8, 4) is 0 Å². The van der Waals surface area contributed by atoms with E-state index in [0.29, 0.717) is 49.4 Å². The van der Waals surface area contributed by atoms with Gasteiger partial charge in [0.05, 0.1) is 5.56 Å². The van der Waals surface area contributed by atoms with E-state index < -0.39 is 5.60 Å². The smallest absolute Gasteiger partial charge is 0.338 e. The molecule has 0 fully saturated rings. The van der Waals surface area contributed by atoms with E-state index in [1.165, 1.54) is 0 Å². The number of amides is 2. The van der Waals surface area contributed by atoms with E-state index in [9.17, 15) is 14.4 Å². The molecule has 0 spiro atoms. The summed E-state index contributed by atoms with van der Waals surface area (Å²) in [5.41, 5.74) is 3.88. The largest absolute Gasteiger partial charge is 0.456 e. The number of esters is 1. The molecular weight excluding hydrogens is 514 g/mol. The molecule has 0 bridgehead atoms. The molecule has 218 valence electrons. The zero-order valence-corrected chi connectivity index (χ0v) is 25.2. The van der Waals surface area contributed by atoms with Crippen molar-refractivity contribution in [2.75, 3.05) is 19.6 Å². The van der Waals surface area contributed by atoms with Crippen LogP contribution in [0.25, 0.3) is 0 Å². The highest BCUT2D eigenvalue weighted by Gasteiger charge is 2.20. The Balaban J connectivity index is 1.73. The summed E-state index contributed by atoms with van der Waals surface area (Å²) in [6.45, 7) is 14.8. The van der Waals surface area contributed by atoms with Crippen molar-refractivity contribution in [2.24, 2.45) is 0 Å². The van der Waals surface area contributed by atoms with Crippen LogP contribution in [0.4, 0.5) is 0 Å². The van der Waals surface area contributed by atoms with Gasteiger partial charge in [0, 0.05) is 43.9 Å². The van der Waals surface area contributed by atoms with Crippen LogP contribution in [0.2, 0.25) is 0 Å². The fraction of sp³-hybridized carbons (Fsp3) is 0.382. The van der Waals surface area contributed by atoms with Gasteiger partial charge >= 0.3 is 5.97 Å². The van der Waals surface area contributed by atoms with E-state index in [-0.39, 0.29) is 17.8 Å². The van der Waals surface area contributed by atoms with E-state index in [1.807, 2.05) is 83.1 Å². The predicted molar refractivity (Wildman–Crippen MR) is 163 cm³/mol. The van der Waals surface area contributed by atoms with Gasteiger partial charge in [0.25, 0.3) is 11.8 Å². The molecule has 3 aromatic carbocycles. The number of carbonyl (C=O) groups excluding carboxylic acids is 3. The highest BCUT2D eigenvalue weighted by Crippen LogP contribution is 2.18. The molecule has 3 aromatic rings. The van der Waals surface area contributed by atoms with Gasteiger partial charge in [-0.05, 0) is 94.3 Å². The van der Waals surface area contributed by atoms with Crippen LogP contribution < -0.4 is 5.32 Å². The lowest BCUT2D eigenvalue weighted by Gasteiger charge is -2.24. The average Bonchev–Trinajstić information content (AvgIpc) is 2.96. The van der Waals surface area contributed by atoms with Gasteiger partial charge in [-0.1, -0.05) is 43.3 Å². The van der Waals surface area contributed by atoms with Gasteiger partial charge < -0.3 is 19.9 Å². The summed E-state index contributed by atoms with van der Waals surface area (Å²) in [5, 5.41) is 3.29. The second-order valence-corrected chi connectivity index (χ2v) is 11.0. The van der Waals surface area contributed by atoms with Gasteiger partial charge in [-0.2, -0.15) is 0 Å². The molecular formula is C34H43N3O4. The van der Waals surface area contributed by atoms with Gasteiger partial charge in [-0.3, -0.25) is 9.59 Å². The van der Waals surface area contributed by atoms with Crippen LogP contribution >= 0.6 is 0 Å². The highest BCUT2D eigenvalue weighted by atomic mass is 16.6. The summed E-state index contributed by atoms with van der Waals surface area (Å²) < 4.78 is 5.50. The number of rotatable bonds is 12. The molecule has 0 heterocycles. The molecule has 7 nitrogen and oxygen atoms in total. The van der Waals surface area contributed by atoms with Crippen molar-refractivity contribution >= 4 is 17.8 Å². The van der Waals surface area contributed by atoms with E-state index in [1.54, 1.807) is 34.1 Å². The summed E-state index contributed by atoms with van der Waals surface area (Å²) in [7, 11) is 0. The molecule has 0 saturated carbocycles. The maximum atomic E-state index is 13.5. The fourth-order valence-electron chi connectivity index (χ4n) is 4.48. The Morgan fingerprint density at radius 3 is 1.59 bits per heavy atom. The van der Waals surface area contributed by atoms with Gasteiger partial charge in [-0.25, -0.2) is 4.79 Å². The summed E-state index contributed by atoms with van der Waals surface area (Å²) in [5.74, 6) is -0.536. The van der Waals surface area contributed by atoms with Crippen LogP contribution in [-0.4, -0.2) is 52.8 Å². The SMILES string of the molecule is CCNCc1cccc(C(=O)N(CC)Cc2cccc(C(=O)N(CC)Cc3cccc(C(=O)OC(C)(C)C)c3)c2)c1. The fourth-order valence-corrected chi connectivity index (χ4v) is 4.48. The monoisotopic (exact) mass is 557 g/mol. The summed E-state index contributed by atoms with van der Waals surface area (Å²) in [6.07, 6.45) is 0. The molecule has 3 rings (SSSR count). The van der Waals surface area contributed by atoms with Crippen LogP contribution in [0, 0.1) is 0 Å². The molecule has 0 aliphatic carbocycles. The number of ether oxygens (including phenoxy) is 1. The highest BCUT2D eigenvalue weighted by molar-refractivity contribution is 5.95. The molecule has 0 aliphatic heterocycles. The molecule has 0 aliphatic rings. The first kappa shape index (κ1) is 31.6. The maximum Gasteiger partial charge on any atom is 0.338 e. The minimum Gasteiger partial charge on any atom is -0.456 e. The second-order valence-electron chi connectivity index (χ2n) is 11.0. The van der Waals surface area contributed by atoms with Crippen LogP contribution in [0.3, 0.4) is 0 Å². The molecule has 7 heteroatoms. The first-order valence-corrected chi connectivity index (χ1v) is 14.3. The molecule has 0 aromatic heterocycles. The Hall–Kier alpha value is -3.97. The van der Waals surface area contributed by atoms with Crippen LogP contribution in [0.5, 0.6) is 0 Å². The predicted octanol–water partition coefficient (Wildman–Crippen LogP) is 6.08. The van der Waals surface area contributed by atoms with E-state index >= 15 is 0 Å². The average molecular weight is 558 g/mol. The number of hydrogen-bond acceptors (Lipinski definition) is 5. The van der Waals surface area contributed by atoms with Gasteiger partial charge in [0.15, 0.2) is 0 Å². The van der Waals surface area contributed by atoms with Gasteiger partial charge in [0.2, 0.25) is 0 Å². The third-order valence-electron chi connectivity index (χ3n) is 6.57. The molecule has 2 amide bonds. The lowest BCUT2D eigenvalue weighted by atomic mass is 10.1. The topological polar surface area (TPSA) is 79.0 Å². The molecule has 1 N–H and O–H groups in total. The Morgan fingerprint density at radius 2 is 1.12 bits per heavy atom. The van der Waals surface area contributed by atoms with Crippen molar-refractivity contribution in [2.45, 2.75) is 66.8 Å². The normalized spacial score (nSPS) is 11.2. The number of carbonyl (C=O) groups is 3. The van der Waals surface area contributed by atoms with Crippen molar-refractivity contribution in [1.82, 2.24) is 15.1 Å². The first-order chi connectivity index (χ1) is 19.5. The molecule has 0 radical (unpaired) electrons. The van der Waals surface area contributed by atoms with Crippen LogP contribution in [0.15, 0.2) is 72.8 Å². The van der Waals surface area contributed by atoms with Crippen LogP contribution in [0.1, 0.15) is 89.3 Å². The second kappa shape index (κ2) is 14.6. The van der Waals surface area contributed by atoms with E-state index in [0.717, 1.165) is 23.2 Å². The van der Waals surface area contributed by atoms with E-state index in [2.05, 4.69) is 12.2 Å². The number of hydrogen-bond donors (Lipinski definition) is 1. The summed E-state index contributed by atoms with van der Waals surface area (Å²) >= 11 is 0. The molecule has 0 atom stereocenters. The quantitative estimate of drug-likeness (QED) is 0.273. The van der Waals surface area contributed by atoms with Crippen molar-refractivity contribution in [1.29, 1.82) is 0 Å². The first-order valence-electron chi connectivity index (χ1n) is 14.3. The number of nitrogens with zero attached hydrogens (tertiary/aromatic N) is 2. The Kier molecular flexibility index (Phi) is 11.2. The lowest BCUT2D eigenvalue weighted by molar-refractivity contribution is 0.00691. The molecule has 41 heavy (non-hydrogen) atoms. The van der Waals surface area contributed by atoms with Crippen molar-refractivity contribution in [3.63, 3.8) is 0 Å². The van der Waals surface area contributed by atoms with Crippen LogP contribution in [-0.2, 0) is 24.4 Å². The zero-order valence-electron chi connectivity index (χ0n) is 25.2. The maximum absolute atomic E-state index is 13.5. The lowest BCUT2D eigenvalue weighted by Crippen LogP contribution is -2.31. The third-order valence-corrected chi connectivity index (χ3v) is 6.57. The minimum atomic E-state index is -0.586. The molecule has 0 unspecified atom stereocenters. The summed E-state index contributed by atoms with van der Waals surface area (Å²) in [6, 6.07) is 22.4. The third kappa shape index (κ3) is 9.29. The van der Waals surface area contributed by atoms with Gasteiger partial charge in [0.1, 0.15) is 5.60 Å². The van der Waals surface area contributed by atoms with Gasteiger partial charge in [-0.15, -0.1) is 0 Å². The Labute approximate surface area is 244 Å². The minimum absolute atomic E-state index is 0.0392. The summed E-state index contributed by atoms with van der Waals surface area (Å²) in [4.78, 5) is 42.9. The molecule has 0 saturated heterocycles. The standard InChI is InChI=1S/C34H43N3O4/c1-7-35-22-25-13-10-16-28(19-25)31(38)36(8-2)23-26-14-11-17-29(20-26)32(39)37(9-3)24-27-15-12-18-30(21-27)33(40)41-34(4,5)6/h10-21,35H,7-9,22-24H2,1-6H3. The van der Waals surface area contributed by atoms with Crippen molar-refractivity contribution < 1.29 is 19.1 Å². The Morgan fingerprint density at radius 1 is 0.683 bits per heavy atom.